The number of ether oxygens (including phenoxy) is 2. The molecule has 154 valence electrons. The van der Waals surface area contributed by atoms with Crippen molar-refractivity contribution < 1.29 is 19.1 Å². The minimum absolute atomic E-state index is 0.188. The number of piperidine rings is 1. The highest BCUT2D eigenvalue weighted by Crippen LogP contribution is 2.18. The molecule has 1 saturated heterocycles. The second-order valence-corrected chi connectivity index (χ2v) is 7.02. The van der Waals surface area contributed by atoms with Gasteiger partial charge in [0.2, 0.25) is 0 Å². The lowest BCUT2D eigenvalue weighted by Crippen LogP contribution is -2.44. The number of nitrogens with zero attached hydrogens (tertiary/aromatic N) is 1. The third-order valence-electron chi connectivity index (χ3n) is 4.98. The van der Waals surface area contributed by atoms with E-state index in [1.54, 1.807) is 24.1 Å². The molecule has 3 amide bonds. The first-order chi connectivity index (χ1) is 14.1. The van der Waals surface area contributed by atoms with E-state index in [1.165, 1.54) is 0 Å². The third-order valence-corrected chi connectivity index (χ3v) is 4.98. The largest absolute Gasteiger partial charge is 0.497 e. The van der Waals surface area contributed by atoms with Crippen LogP contribution in [-0.2, 0) is 6.54 Å². The van der Waals surface area contributed by atoms with Gasteiger partial charge in [-0.25, -0.2) is 9.59 Å². The zero-order valence-electron chi connectivity index (χ0n) is 16.6. The molecule has 0 saturated carbocycles. The predicted octanol–water partition coefficient (Wildman–Crippen LogP) is 3.41. The summed E-state index contributed by atoms with van der Waals surface area (Å²) in [5.41, 5.74) is 1.01. The van der Waals surface area contributed by atoms with Crippen molar-refractivity contribution in [3.05, 3.63) is 60.2 Å². The fraction of sp³-hybridized carbons (Fsp3) is 0.364. The Morgan fingerprint density at radius 1 is 0.966 bits per heavy atom. The van der Waals surface area contributed by atoms with E-state index >= 15 is 0 Å². The Hall–Kier alpha value is -3.22. The van der Waals surface area contributed by atoms with Gasteiger partial charge in [-0.3, -0.25) is 0 Å². The van der Waals surface area contributed by atoms with Crippen LogP contribution in [0, 0.1) is 5.92 Å². The fourth-order valence-electron chi connectivity index (χ4n) is 3.20. The molecule has 2 N–H and O–H groups in total. The summed E-state index contributed by atoms with van der Waals surface area (Å²) in [6.45, 7) is 2.31. The maximum Gasteiger partial charge on any atom is 0.415 e. The SMILES string of the molecule is COc1ccc(CNC(=O)NCC2CCN(C(=O)Oc3ccccc3)CC2)cc1. The molecule has 1 fully saturated rings. The summed E-state index contributed by atoms with van der Waals surface area (Å²) in [5, 5.41) is 5.77. The molecule has 0 aliphatic carbocycles. The van der Waals surface area contributed by atoms with Gasteiger partial charge < -0.3 is 25.0 Å². The summed E-state index contributed by atoms with van der Waals surface area (Å²) in [4.78, 5) is 26.0. The fourth-order valence-corrected chi connectivity index (χ4v) is 3.20. The highest BCUT2D eigenvalue weighted by molar-refractivity contribution is 5.73. The van der Waals surface area contributed by atoms with Gasteiger partial charge in [0.15, 0.2) is 0 Å². The van der Waals surface area contributed by atoms with Gasteiger partial charge in [0.25, 0.3) is 0 Å². The van der Waals surface area contributed by atoms with E-state index in [0.29, 0.717) is 37.8 Å². The number of amides is 3. The van der Waals surface area contributed by atoms with Crippen molar-refractivity contribution >= 4 is 12.1 Å². The quantitative estimate of drug-likeness (QED) is 0.783. The number of carbonyl (C=O) groups is 2. The first-order valence-electron chi connectivity index (χ1n) is 9.80. The molecule has 0 atom stereocenters. The number of methoxy groups -OCH3 is 1. The van der Waals surface area contributed by atoms with Gasteiger partial charge in [-0.1, -0.05) is 30.3 Å². The summed E-state index contributed by atoms with van der Waals surface area (Å²) in [6, 6.07) is 16.5. The highest BCUT2D eigenvalue weighted by atomic mass is 16.6. The van der Waals surface area contributed by atoms with E-state index < -0.39 is 0 Å². The maximum absolute atomic E-state index is 12.2. The highest BCUT2D eigenvalue weighted by Gasteiger charge is 2.24. The van der Waals surface area contributed by atoms with Crippen LogP contribution in [0.2, 0.25) is 0 Å². The number of para-hydroxylation sites is 1. The van der Waals surface area contributed by atoms with E-state index in [-0.39, 0.29) is 12.1 Å². The zero-order valence-corrected chi connectivity index (χ0v) is 16.6. The second-order valence-electron chi connectivity index (χ2n) is 7.02. The van der Waals surface area contributed by atoms with E-state index in [1.807, 2.05) is 42.5 Å². The van der Waals surface area contributed by atoms with Crippen LogP contribution >= 0.6 is 0 Å². The second kappa shape index (κ2) is 10.4. The standard InChI is InChI=1S/C22H27N3O4/c1-28-19-9-7-17(8-10-19)15-23-21(26)24-16-18-11-13-25(14-12-18)22(27)29-20-5-3-2-4-6-20/h2-10,18H,11-16H2,1H3,(H2,23,24,26). The topological polar surface area (TPSA) is 79.9 Å². The van der Waals surface area contributed by atoms with Gasteiger partial charge in [-0.2, -0.15) is 0 Å². The monoisotopic (exact) mass is 397 g/mol. The van der Waals surface area contributed by atoms with Crippen LogP contribution in [0.4, 0.5) is 9.59 Å². The van der Waals surface area contributed by atoms with Gasteiger partial charge in [-0.15, -0.1) is 0 Å². The Morgan fingerprint density at radius 2 is 1.66 bits per heavy atom. The molecule has 2 aromatic carbocycles. The lowest BCUT2D eigenvalue weighted by Gasteiger charge is -2.31. The number of rotatable bonds is 6. The number of carbonyl (C=O) groups excluding carboxylic acids is 2. The van der Waals surface area contributed by atoms with Crippen molar-refractivity contribution in [2.24, 2.45) is 5.92 Å². The first-order valence-corrected chi connectivity index (χ1v) is 9.80. The Morgan fingerprint density at radius 3 is 2.31 bits per heavy atom. The lowest BCUT2D eigenvalue weighted by molar-refractivity contribution is 0.130. The van der Waals surface area contributed by atoms with Crippen molar-refractivity contribution in [1.82, 2.24) is 15.5 Å². The van der Waals surface area contributed by atoms with E-state index in [4.69, 9.17) is 9.47 Å². The van der Waals surface area contributed by atoms with Gasteiger partial charge in [0.1, 0.15) is 11.5 Å². The lowest BCUT2D eigenvalue weighted by atomic mass is 9.97. The number of nitrogens with one attached hydrogen (secondary N) is 2. The molecule has 3 rings (SSSR count). The van der Waals surface area contributed by atoms with Crippen molar-refractivity contribution in [2.75, 3.05) is 26.7 Å². The normalized spacial score (nSPS) is 14.2. The molecule has 1 aliphatic rings. The van der Waals surface area contributed by atoms with E-state index in [9.17, 15) is 9.59 Å². The van der Waals surface area contributed by atoms with Crippen molar-refractivity contribution in [1.29, 1.82) is 0 Å². The van der Waals surface area contributed by atoms with Crippen LogP contribution in [0.1, 0.15) is 18.4 Å². The summed E-state index contributed by atoms with van der Waals surface area (Å²) in [7, 11) is 1.62. The predicted molar refractivity (Wildman–Crippen MR) is 110 cm³/mol. The van der Waals surface area contributed by atoms with Gasteiger partial charge in [0.05, 0.1) is 7.11 Å². The van der Waals surface area contributed by atoms with Crippen LogP contribution in [0.5, 0.6) is 11.5 Å². The van der Waals surface area contributed by atoms with Crippen molar-refractivity contribution in [3.63, 3.8) is 0 Å². The Labute approximate surface area is 171 Å². The zero-order chi connectivity index (χ0) is 20.5. The van der Waals surface area contributed by atoms with Crippen LogP contribution in [0.25, 0.3) is 0 Å². The molecule has 29 heavy (non-hydrogen) atoms. The molecule has 1 aliphatic heterocycles. The van der Waals surface area contributed by atoms with Crippen LogP contribution in [0.15, 0.2) is 54.6 Å². The van der Waals surface area contributed by atoms with Crippen LogP contribution in [0.3, 0.4) is 0 Å². The Balaban J connectivity index is 1.32. The van der Waals surface area contributed by atoms with Crippen molar-refractivity contribution in [3.8, 4) is 11.5 Å². The molecule has 1 heterocycles. The molecular formula is C22H27N3O4. The number of urea groups is 1. The molecule has 0 aromatic heterocycles. The minimum Gasteiger partial charge on any atom is -0.497 e. The Bertz CT molecular complexity index is 787. The first kappa shape index (κ1) is 20.5. The van der Waals surface area contributed by atoms with Gasteiger partial charge in [-0.05, 0) is 48.6 Å². The van der Waals surface area contributed by atoms with Gasteiger partial charge >= 0.3 is 12.1 Å². The third kappa shape index (κ3) is 6.41. The minimum atomic E-state index is -0.320. The summed E-state index contributed by atoms with van der Waals surface area (Å²) in [6.07, 6.45) is 1.35. The molecular weight excluding hydrogens is 370 g/mol. The summed E-state index contributed by atoms with van der Waals surface area (Å²) in [5.74, 6) is 1.69. The molecule has 0 radical (unpaired) electrons. The smallest absolute Gasteiger partial charge is 0.415 e. The number of hydrogen-bond donors (Lipinski definition) is 2. The number of hydrogen-bond acceptors (Lipinski definition) is 4. The number of benzene rings is 2. The van der Waals surface area contributed by atoms with E-state index in [2.05, 4.69) is 10.6 Å². The average molecular weight is 397 g/mol. The Kier molecular flexibility index (Phi) is 7.33. The number of likely N-dealkylation sites (tertiary alicyclic amines) is 1. The summed E-state index contributed by atoms with van der Waals surface area (Å²) < 4.78 is 10.5. The van der Waals surface area contributed by atoms with Crippen LogP contribution in [-0.4, -0.2) is 43.8 Å². The maximum atomic E-state index is 12.2. The molecule has 0 bridgehead atoms. The molecule has 0 unspecified atom stereocenters. The van der Waals surface area contributed by atoms with Crippen molar-refractivity contribution in [2.45, 2.75) is 19.4 Å². The summed E-state index contributed by atoms with van der Waals surface area (Å²) >= 11 is 0. The van der Waals surface area contributed by atoms with E-state index in [0.717, 1.165) is 24.2 Å². The van der Waals surface area contributed by atoms with Gasteiger partial charge in [0, 0.05) is 26.2 Å². The van der Waals surface area contributed by atoms with Crippen LogP contribution < -0.4 is 20.1 Å². The molecule has 2 aromatic rings. The average Bonchev–Trinajstić information content (AvgIpc) is 2.77. The molecule has 7 nitrogen and oxygen atoms in total. The molecule has 0 spiro atoms. The molecule has 7 heteroatoms.